The molecule has 8 heteroatoms. The van der Waals surface area contributed by atoms with Crippen LogP contribution in [0.25, 0.3) is 0 Å². The molecule has 0 unspecified atom stereocenters. The molecular weight excluding hydrogens is 390 g/mol. The molecular formula is C19H18ClNO5S. The Hall–Kier alpha value is -2.38. The quantitative estimate of drug-likeness (QED) is 0.728. The van der Waals surface area contributed by atoms with Gasteiger partial charge in [0.25, 0.3) is 5.91 Å². The standard InChI is InChI=1S/C19H18ClNO5S/c1-12-9-13-5-3-4-6-17(13)21(12)18(22)11-26-19(23)15-10-14(27(2,24)25)7-8-16(15)20/h3-8,10,12H,9,11H2,1-2H3/t12-/m0/s1. The number of amides is 1. The maximum atomic E-state index is 12.6. The minimum absolute atomic E-state index is 0.0363. The van der Waals surface area contributed by atoms with E-state index in [2.05, 4.69) is 0 Å². The summed E-state index contributed by atoms with van der Waals surface area (Å²) < 4.78 is 28.4. The molecule has 0 fully saturated rings. The lowest BCUT2D eigenvalue weighted by molar-refractivity contribution is -0.122. The van der Waals surface area contributed by atoms with Crippen molar-refractivity contribution in [2.24, 2.45) is 0 Å². The first-order valence-electron chi connectivity index (χ1n) is 8.25. The zero-order chi connectivity index (χ0) is 19.8. The first-order valence-corrected chi connectivity index (χ1v) is 10.5. The second kappa shape index (κ2) is 7.32. The van der Waals surface area contributed by atoms with Crippen molar-refractivity contribution in [1.82, 2.24) is 0 Å². The fourth-order valence-corrected chi connectivity index (χ4v) is 3.95. The highest BCUT2D eigenvalue weighted by Gasteiger charge is 2.31. The molecule has 3 rings (SSSR count). The van der Waals surface area contributed by atoms with Gasteiger partial charge >= 0.3 is 5.97 Å². The second-order valence-corrected chi connectivity index (χ2v) is 8.86. The Balaban J connectivity index is 1.74. The monoisotopic (exact) mass is 407 g/mol. The van der Waals surface area contributed by atoms with Crippen molar-refractivity contribution in [1.29, 1.82) is 0 Å². The number of nitrogens with zero attached hydrogens (tertiary/aromatic N) is 1. The van der Waals surface area contributed by atoms with Crippen molar-refractivity contribution < 1.29 is 22.7 Å². The number of carbonyl (C=O) groups is 2. The molecule has 0 saturated carbocycles. The molecule has 6 nitrogen and oxygen atoms in total. The molecule has 0 saturated heterocycles. The van der Waals surface area contributed by atoms with Gasteiger partial charge in [-0.25, -0.2) is 13.2 Å². The van der Waals surface area contributed by atoms with Crippen LogP contribution in [0.1, 0.15) is 22.8 Å². The number of ether oxygens (including phenoxy) is 1. The normalized spacial score (nSPS) is 16.1. The highest BCUT2D eigenvalue weighted by molar-refractivity contribution is 7.90. The van der Waals surface area contributed by atoms with Crippen LogP contribution in [-0.4, -0.2) is 39.2 Å². The fourth-order valence-electron chi connectivity index (χ4n) is 3.11. The van der Waals surface area contributed by atoms with E-state index in [1.807, 2.05) is 31.2 Å². The summed E-state index contributed by atoms with van der Waals surface area (Å²) in [5.41, 5.74) is 1.78. The predicted octanol–water partition coefficient (Wildman–Crippen LogP) is 2.88. The molecule has 0 radical (unpaired) electrons. The number of benzene rings is 2. The number of carbonyl (C=O) groups excluding carboxylic acids is 2. The molecule has 0 bridgehead atoms. The van der Waals surface area contributed by atoms with Crippen LogP contribution in [0.3, 0.4) is 0 Å². The largest absolute Gasteiger partial charge is 0.452 e. The van der Waals surface area contributed by atoms with Crippen molar-refractivity contribution in [3.8, 4) is 0 Å². The fraction of sp³-hybridized carbons (Fsp3) is 0.263. The van der Waals surface area contributed by atoms with Gasteiger partial charge in [-0.3, -0.25) is 4.79 Å². The van der Waals surface area contributed by atoms with E-state index < -0.39 is 22.4 Å². The lowest BCUT2D eigenvalue weighted by atomic mass is 10.1. The third kappa shape index (κ3) is 3.99. The Kier molecular flexibility index (Phi) is 5.26. The molecule has 0 aromatic heterocycles. The van der Waals surface area contributed by atoms with Crippen molar-refractivity contribution in [3.63, 3.8) is 0 Å². The van der Waals surface area contributed by atoms with Crippen LogP contribution in [0.4, 0.5) is 5.69 Å². The molecule has 1 aliphatic rings. The summed E-state index contributed by atoms with van der Waals surface area (Å²) in [6.45, 7) is 1.46. The Morgan fingerprint density at radius 2 is 1.93 bits per heavy atom. The summed E-state index contributed by atoms with van der Waals surface area (Å²) in [6.07, 6.45) is 1.76. The molecule has 0 spiro atoms. The number of hydrogen-bond acceptors (Lipinski definition) is 5. The van der Waals surface area contributed by atoms with E-state index in [9.17, 15) is 18.0 Å². The number of halogens is 1. The SMILES string of the molecule is C[C@H]1Cc2ccccc2N1C(=O)COC(=O)c1cc(S(C)(=O)=O)ccc1Cl. The van der Waals surface area contributed by atoms with E-state index >= 15 is 0 Å². The zero-order valence-electron chi connectivity index (χ0n) is 14.8. The van der Waals surface area contributed by atoms with E-state index in [0.29, 0.717) is 0 Å². The van der Waals surface area contributed by atoms with Crippen LogP contribution >= 0.6 is 11.6 Å². The Bertz CT molecular complexity index is 1020. The molecule has 1 aliphatic heterocycles. The highest BCUT2D eigenvalue weighted by atomic mass is 35.5. The average Bonchev–Trinajstić information content (AvgIpc) is 2.94. The molecule has 27 heavy (non-hydrogen) atoms. The van der Waals surface area contributed by atoms with Crippen molar-refractivity contribution in [2.45, 2.75) is 24.3 Å². The van der Waals surface area contributed by atoms with Gasteiger partial charge in [0.1, 0.15) is 0 Å². The Morgan fingerprint density at radius 1 is 1.22 bits per heavy atom. The average molecular weight is 408 g/mol. The summed E-state index contributed by atoms with van der Waals surface area (Å²) in [6, 6.07) is 11.3. The maximum Gasteiger partial charge on any atom is 0.340 e. The van der Waals surface area contributed by atoms with Crippen LogP contribution in [0.15, 0.2) is 47.4 Å². The number of rotatable bonds is 4. The second-order valence-electron chi connectivity index (χ2n) is 6.44. The molecule has 1 amide bonds. The summed E-state index contributed by atoms with van der Waals surface area (Å²) >= 11 is 5.98. The van der Waals surface area contributed by atoms with E-state index in [-0.39, 0.29) is 27.4 Å². The van der Waals surface area contributed by atoms with E-state index in [1.165, 1.54) is 12.1 Å². The molecule has 2 aromatic rings. The van der Waals surface area contributed by atoms with Crippen molar-refractivity contribution >= 4 is 39.0 Å². The van der Waals surface area contributed by atoms with Crippen LogP contribution in [0.2, 0.25) is 5.02 Å². The molecule has 0 N–H and O–H groups in total. The van der Waals surface area contributed by atoms with Gasteiger partial charge in [0, 0.05) is 18.0 Å². The minimum atomic E-state index is -3.50. The van der Waals surface area contributed by atoms with Crippen LogP contribution in [-0.2, 0) is 25.8 Å². The summed E-state index contributed by atoms with van der Waals surface area (Å²) in [7, 11) is -3.50. The van der Waals surface area contributed by atoms with Gasteiger partial charge in [0.2, 0.25) is 0 Å². The lowest BCUT2D eigenvalue weighted by Gasteiger charge is -2.22. The van der Waals surface area contributed by atoms with Gasteiger partial charge in [-0.1, -0.05) is 29.8 Å². The predicted molar refractivity (Wildman–Crippen MR) is 102 cm³/mol. The molecule has 1 atom stereocenters. The smallest absolute Gasteiger partial charge is 0.340 e. The van der Waals surface area contributed by atoms with Crippen LogP contribution in [0.5, 0.6) is 0 Å². The number of hydrogen-bond donors (Lipinski definition) is 0. The van der Waals surface area contributed by atoms with Gasteiger partial charge < -0.3 is 9.64 Å². The number of esters is 1. The first-order chi connectivity index (χ1) is 12.7. The lowest BCUT2D eigenvalue weighted by Crippen LogP contribution is -2.38. The highest BCUT2D eigenvalue weighted by Crippen LogP contribution is 2.31. The van der Waals surface area contributed by atoms with Crippen molar-refractivity contribution in [2.75, 3.05) is 17.8 Å². The maximum absolute atomic E-state index is 12.6. The molecule has 1 heterocycles. The van der Waals surface area contributed by atoms with Gasteiger partial charge in [0.15, 0.2) is 16.4 Å². The zero-order valence-corrected chi connectivity index (χ0v) is 16.4. The third-order valence-corrected chi connectivity index (χ3v) is 5.83. The van der Waals surface area contributed by atoms with E-state index in [4.69, 9.17) is 16.3 Å². The summed E-state index contributed by atoms with van der Waals surface area (Å²) in [5, 5.41) is 0.0553. The van der Waals surface area contributed by atoms with E-state index in [0.717, 1.165) is 30.0 Å². The Morgan fingerprint density at radius 3 is 2.63 bits per heavy atom. The molecule has 0 aliphatic carbocycles. The number of para-hydroxylation sites is 1. The van der Waals surface area contributed by atoms with Crippen LogP contribution < -0.4 is 4.90 Å². The van der Waals surface area contributed by atoms with Crippen LogP contribution in [0, 0.1) is 0 Å². The van der Waals surface area contributed by atoms with E-state index in [1.54, 1.807) is 4.90 Å². The number of sulfone groups is 1. The minimum Gasteiger partial charge on any atom is -0.452 e. The van der Waals surface area contributed by atoms with Crippen molar-refractivity contribution in [3.05, 3.63) is 58.6 Å². The Labute approximate surface area is 162 Å². The molecule has 142 valence electrons. The van der Waals surface area contributed by atoms with Gasteiger partial charge in [-0.05, 0) is 43.2 Å². The number of anilines is 1. The summed E-state index contributed by atoms with van der Waals surface area (Å²) in [5.74, 6) is -1.20. The topological polar surface area (TPSA) is 80.8 Å². The first kappa shape index (κ1) is 19.4. The van der Waals surface area contributed by atoms with Gasteiger partial charge in [-0.2, -0.15) is 0 Å². The molecule has 2 aromatic carbocycles. The third-order valence-electron chi connectivity index (χ3n) is 4.39. The van der Waals surface area contributed by atoms with Gasteiger partial charge in [0.05, 0.1) is 15.5 Å². The number of fused-ring (bicyclic) bond motifs is 1. The summed E-state index contributed by atoms with van der Waals surface area (Å²) in [4.78, 5) is 26.5. The van der Waals surface area contributed by atoms with Gasteiger partial charge in [-0.15, -0.1) is 0 Å².